The van der Waals surface area contributed by atoms with Crippen LogP contribution in [0.4, 0.5) is 4.79 Å². The van der Waals surface area contributed by atoms with Gasteiger partial charge in [0.15, 0.2) is 0 Å². The minimum atomic E-state index is -0.703. The second-order valence-corrected chi connectivity index (χ2v) is 10.9. The third-order valence-corrected chi connectivity index (χ3v) is 8.50. The number of urea groups is 1. The molecule has 3 aliphatic rings. The van der Waals surface area contributed by atoms with Crippen LogP contribution in [0.5, 0.6) is 0 Å². The van der Waals surface area contributed by atoms with Crippen LogP contribution in [0.2, 0.25) is 0 Å². The summed E-state index contributed by atoms with van der Waals surface area (Å²) in [5.41, 5.74) is -0.427. The summed E-state index contributed by atoms with van der Waals surface area (Å²) < 4.78 is 0. The minimum Gasteiger partial charge on any atom is -0.343 e. The molecule has 176 valence electrons. The van der Waals surface area contributed by atoms with Gasteiger partial charge in [0.2, 0.25) is 5.91 Å². The number of piperidine rings is 1. The molecule has 0 radical (unpaired) electrons. The third-order valence-electron chi connectivity index (χ3n) is 8.50. The van der Waals surface area contributed by atoms with E-state index in [1.54, 1.807) is 0 Å². The second-order valence-electron chi connectivity index (χ2n) is 10.9. The first-order valence-electron chi connectivity index (χ1n) is 12.1. The number of hydrogen-bond donors (Lipinski definition) is 1. The van der Waals surface area contributed by atoms with E-state index >= 15 is 0 Å². The Morgan fingerprint density at radius 1 is 1.16 bits per heavy atom. The lowest BCUT2D eigenvalue weighted by atomic mass is 9.65. The number of hydrogen-bond acceptors (Lipinski definition) is 4. The summed E-state index contributed by atoms with van der Waals surface area (Å²) in [6.07, 6.45) is 6.12. The minimum absolute atomic E-state index is 0.0373. The van der Waals surface area contributed by atoms with E-state index in [-0.39, 0.29) is 35.2 Å². The van der Waals surface area contributed by atoms with Crippen LogP contribution < -0.4 is 5.32 Å². The van der Waals surface area contributed by atoms with Gasteiger partial charge in [-0.1, -0.05) is 27.2 Å². The molecule has 1 aliphatic carbocycles. The maximum atomic E-state index is 13.3. The van der Waals surface area contributed by atoms with Crippen molar-refractivity contribution in [1.82, 2.24) is 20.0 Å². The van der Waals surface area contributed by atoms with Gasteiger partial charge in [0.25, 0.3) is 5.91 Å². The highest BCUT2D eigenvalue weighted by Crippen LogP contribution is 2.45. The largest absolute Gasteiger partial charge is 0.343 e. The molecule has 2 aliphatic heterocycles. The van der Waals surface area contributed by atoms with Crippen molar-refractivity contribution in [2.24, 2.45) is 17.3 Å². The number of amides is 4. The van der Waals surface area contributed by atoms with Gasteiger partial charge in [-0.3, -0.25) is 14.5 Å². The molecule has 1 saturated carbocycles. The molecule has 3 fully saturated rings. The van der Waals surface area contributed by atoms with E-state index in [9.17, 15) is 14.4 Å². The Labute approximate surface area is 187 Å². The van der Waals surface area contributed by atoms with E-state index in [4.69, 9.17) is 0 Å². The van der Waals surface area contributed by atoms with Crippen LogP contribution in [-0.2, 0) is 9.59 Å². The van der Waals surface area contributed by atoms with Crippen molar-refractivity contribution in [3.63, 3.8) is 0 Å². The average molecular weight is 435 g/mol. The highest BCUT2D eigenvalue weighted by atomic mass is 16.2. The van der Waals surface area contributed by atoms with Crippen molar-refractivity contribution in [1.29, 1.82) is 0 Å². The van der Waals surface area contributed by atoms with Gasteiger partial charge in [-0.2, -0.15) is 0 Å². The number of nitrogens with one attached hydrogen (secondary N) is 1. The number of rotatable bonds is 6. The second kappa shape index (κ2) is 9.08. The molecule has 31 heavy (non-hydrogen) atoms. The first-order valence-corrected chi connectivity index (χ1v) is 12.1. The van der Waals surface area contributed by atoms with Crippen LogP contribution in [0.3, 0.4) is 0 Å². The molecule has 0 atom stereocenters. The van der Waals surface area contributed by atoms with E-state index in [1.807, 2.05) is 25.8 Å². The Bertz CT molecular complexity index is 689. The van der Waals surface area contributed by atoms with Gasteiger partial charge in [0.1, 0.15) is 5.54 Å². The van der Waals surface area contributed by atoms with Crippen LogP contribution >= 0.6 is 0 Å². The Kier molecular flexibility index (Phi) is 7.04. The Balaban J connectivity index is 1.54. The third kappa shape index (κ3) is 4.76. The molecular weight excluding hydrogens is 392 g/mol. The van der Waals surface area contributed by atoms with Crippen LogP contribution in [-0.4, -0.2) is 70.9 Å². The zero-order valence-electron chi connectivity index (χ0n) is 20.4. The quantitative estimate of drug-likeness (QED) is 0.650. The van der Waals surface area contributed by atoms with Crippen molar-refractivity contribution in [3.05, 3.63) is 0 Å². The molecule has 2 saturated heterocycles. The van der Waals surface area contributed by atoms with Gasteiger partial charge in [-0.05, 0) is 63.7 Å². The number of carbonyl (C=O) groups is 3. The fourth-order valence-electron chi connectivity index (χ4n) is 5.39. The molecule has 1 N–H and O–H groups in total. The van der Waals surface area contributed by atoms with Gasteiger partial charge >= 0.3 is 6.03 Å². The highest BCUT2D eigenvalue weighted by Gasteiger charge is 2.53. The van der Waals surface area contributed by atoms with Gasteiger partial charge in [0.05, 0.1) is 6.67 Å². The molecule has 7 heteroatoms. The Morgan fingerprint density at radius 3 is 2.26 bits per heavy atom. The lowest BCUT2D eigenvalue weighted by Crippen LogP contribution is -2.51. The Hall–Kier alpha value is -1.63. The molecule has 3 rings (SSSR count). The summed E-state index contributed by atoms with van der Waals surface area (Å²) in [5.74, 6) is 0.788. The maximum absolute atomic E-state index is 13.3. The van der Waals surface area contributed by atoms with Gasteiger partial charge in [0, 0.05) is 32.1 Å². The topological polar surface area (TPSA) is 73.0 Å². The molecule has 7 nitrogen and oxygen atoms in total. The van der Waals surface area contributed by atoms with Crippen LogP contribution in [0.1, 0.15) is 79.6 Å². The predicted octanol–water partition coefficient (Wildman–Crippen LogP) is 3.44. The smallest absolute Gasteiger partial charge is 0.326 e. The van der Waals surface area contributed by atoms with E-state index in [0.29, 0.717) is 12.6 Å². The van der Waals surface area contributed by atoms with Crippen LogP contribution in [0.15, 0.2) is 0 Å². The molecule has 0 bridgehead atoms. The summed E-state index contributed by atoms with van der Waals surface area (Å²) in [5, 5.41) is 3.05. The van der Waals surface area contributed by atoms with Crippen LogP contribution in [0.25, 0.3) is 0 Å². The lowest BCUT2D eigenvalue weighted by Gasteiger charge is -2.42. The average Bonchev–Trinajstić information content (AvgIpc) is 2.97. The normalized spacial score (nSPS) is 28.5. The highest BCUT2D eigenvalue weighted by molar-refractivity contribution is 6.07. The number of imide groups is 1. The molecule has 0 aromatic heterocycles. The number of nitrogens with zero attached hydrogens (tertiary/aromatic N) is 3. The molecular formula is C24H42N4O3. The standard InChI is InChI=1S/C24H42N4O3/c1-7-23(4,5)19-8-12-24(13-9-19)21(30)28(22(31)25-24)16-27-14-10-18(11-15-27)20(29)26(6)17(2)3/h17-19H,7-16H2,1-6H3,(H,25,31). The number of likely N-dealkylation sites (tertiary alicyclic amines) is 1. The zero-order chi connectivity index (χ0) is 23.0. The van der Waals surface area contributed by atoms with Gasteiger partial charge in [-0.25, -0.2) is 9.69 Å². The molecule has 4 amide bonds. The zero-order valence-corrected chi connectivity index (χ0v) is 20.4. The van der Waals surface area contributed by atoms with E-state index in [1.165, 1.54) is 4.90 Å². The van der Waals surface area contributed by atoms with Crippen molar-refractivity contribution in [3.8, 4) is 0 Å². The summed E-state index contributed by atoms with van der Waals surface area (Å²) in [6.45, 7) is 12.7. The SMILES string of the molecule is CCC(C)(C)C1CCC2(CC1)NC(=O)N(CN1CCC(C(=O)N(C)C(C)C)CC1)C2=O. The first kappa shape index (κ1) is 24.0. The maximum Gasteiger partial charge on any atom is 0.326 e. The van der Waals surface area contributed by atoms with Gasteiger partial charge < -0.3 is 10.2 Å². The van der Waals surface area contributed by atoms with Crippen molar-refractivity contribution in [2.75, 3.05) is 26.8 Å². The van der Waals surface area contributed by atoms with E-state index in [0.717, 1.165) is 58.0 Å². The summed E-state index contributed by atoms with van der Waals surface area (Å²) >= 11 is 0. The van der Waals surface area contributed by atoms with Crippen molar-refractivity contribution < 1.29 is 14.4 Å². The van der Waals surface area contributed by atoms with E-state index < -0.39 is 5.54 Å². The molecule has 2 heterocycles. The monoisotopic (exact) mass is 434 g/mol. The first-order chi connectivity index (χ1) is 14.5. The molecule has 0 aromatic carbocycles. The van der Waals surface area contributed by atoms with Gasteiger partial charge in [-0.15, -0.1) is 0 Å². The summed E-state index contributed by atoms with van der Waals surface area (Å²) in [6, 6.07) is -0.0541. The molecule has 0 unspecified atom stereocenters. The number of carbonyl (C=O) groups excluding carboxylic acids is 3. The molecule has 1 spiro atoms. The fourth-order valence-corrected chi connectivity index (χ4v) is 5.39. The van der Waals surface area contributed by atoms with Crippen molar-refractivity contribution in [2.45, 2.75) is 91.1 Å². The Morgan fingerprint density at radius 2 is 1.74 bits per heavy atom. The summed E-state index contributed by atoms with van der Waals surface area (Å²) in [7, 11) is 1.86. The molecule has 0 aromatic rings. The summed E-state index contributed by atoms with van der Waals surface area (Å²) in [4.78, 5) is 44.0. The van der Waals surface area contributed by atoms with E-state index in [2.05, 4.69) is 31.0 Å². The lowest BCUT2D eigenvalue weighted by molar-refractivity contribution is -0.139. The van der Waals surface area contributed by atoms with Crippen molar-refractivity contribution >= 4 is 17.8 Å². The van der Waals surface area contributed by atoms with Crippen LogP contribution in [0, 0.1) is 17.3 Å². The predicted molar refractivity (Wildman–Crippen MR) is 121 cm³/mol. The fraction of sp³-hybridized carbons (Fsp3) is 0.875.